The molecule has 0 aliphatic carbocycles. The van der Waals surface area contributed by atoms with Gasteiger partial charge in [-0.15, -0.1) is 0 Å². The molecular weight excluding hydrogens is 328 g/mol. The maximum atomic E-state index is 12.1. The average molecular weight is 348 g/mol. The number of furan rings is 1. The molecule has 2 aromatic heterocycles. The van der Waals surface area contributed by atoms with Gasteiger partial charge in [0.25, 0.3) is 0 Å². The van der Waals surface area contributed by atoms with E-state index in [1.807, 2.05) is 18.2 Å². The van der Waals surface area contributed by atoms with Gasteiger partial charge >= 0.3 is 0 Å². The SMILES string of the molecule is O=C(C=Cc1ccco1)Nc1ccc2ncnc(N3CCCCC3)c2c1. The second-order valence-corrected chi connectivity index (χ2v) is 6.31. The second-order valence-electron chi connectivity index (χ2n) is 6.31. The Morgan fingerprint density at radius 2 is 2.04 bits per heavy atom. The van der Waals surface area contributed by atoms with Crippen molar-refractivity contribution in [3.05, 3.63) is 54.8 Å². The lowest BCUT2D eigenvalue weighted by Gasteiger charge is -2.28. The van der Waals surface area contributed by atoms with E-state index in [9.17, 15) is 4.79 Å². The highest BCUT2D eigenvalue weighted by molar-refractivity contribution is 6.03. The van der Waals surface area contributed by atoms with Crippen LogP contribution in [0.5, 0.6) is 0 Å². The van der Waals surface area contributed by atoms with Crippen LogP contribution in [0.3, 0.4) is 0 Å². The molecule has 3 heterocycles. The molecule has 132 valence electrons. The van der Waals surface area contributed by atoms with Crippen molar-refractivity contribution in [2.75, 3.05) is 23.3 Å². The molecule has 1 aliphatic heterocycles. The van der Waals surface area contributed by atoms with Gasteiger partial charge in [0.1, 0.15) is 17.9 Å². The maximum Gasteiger partial charge on any atom is 0.248 e. The summed E-state index contributed by atoms with van der Waals surface area (Å²) in [5.74, 6) is 1.37. The van der Waals surface area contributed by atoms with Crippen molar-refractivity contribution in [2.45, 2.75) is 19.3 Å². The van der Waals surface area contributed by atoms with Crippen LogP contribution in [0.25, 0.3) is 17.0 Å². The van der Waals surface area contributed by atoms with E-state index in [4.69, 9.17) is 4.42 Å². The summed E-state index contributed by atoms with van der Waals surface area (Å²) in [6.07, 6.45) is 9.90. The first-order chi connectivity index (χ1) is 12.8. The van der Waals surface area contributed by atoms with Crippen LogP contribution in [0.1, 0.15) is 25.0 Å². The van der Waals surface area contributed by atoms with Crippen LogP contribution < -0.4 is 10.2 Å². The zero-order valence-corrected chi connectivity index (χ0v) is 14.4. The Hall–Kier alpha value is -3.15. The third-order valence-electron chi connectivity index (χ3n) is 4.48. The fraction of sp³-hybridized carbons (Fsp3) is 0.250. The first kappa shape index (κ1) is 16.3. The third-order valence-corrected chi connectivity index (χ3v) is 4.48. The van der Waals surface area contributed by atoms with Gasteiger partial charge in [-0.3, -0.25) is 4.79 Å². The minimum atomic E-state index is -0.211. The number of aromatic nitrogens is 2. The molecule has 1 aliphatic rings. The van der Waals surface area contributed by atoms with Crippen molar-refractivity contribution >= 4 is 34.4 Å². The lowest BCUT2D eigenvalue weighted by atomic mass is 10.1. The topological polar surface area (TPSA) is 71.3 Å². The standard InChI is InChI=1S/C20H20N4O2/c25-19(9-7-16-5-4-12-26-16)23-15-6-8-18-17(13-15)20(22-14-21-18)24-10-2-1-3-11-24/h4-9,12-14H,1-3,10-11H2,(H,23,25). The normalized spacial score (nSPS) is 14.8. The van der Waals surface area contributed by atoms with Crippen molar-refractivity contribution in [3.63, 3.8) is 0 Å². The molecule has 1 amide bonds. The molecule has 1 N–H and O–H groups in total. The molecule has 6 heteroatoms. The minimum absolute atomic E-state index is 0.211. The molecule has 4 rings (SSSR count). The fourth-order valence-corrected chi connectivity index (χ4v) is 3.21. The zero-order valence-electron chi connectivity index (χ0n) is 14.4. The molecule has 0 unspecified atom stereocenters. The van der Waals surface area contributed by atoms with Gasteiger partial charge in [-0.2, -0.15) is 0 Å². The number of nitrogens with zero attached hydrogens (tertiary/aromatic N) is 3. The van der Waals surface area contributed by atoms with E-state index < -0.39 is 0 Å². The number of benzene rings is 1. The van der Waals surface area contributed by atoms with Crippen LogP contribution in [0, 0.1) is 0 Å². The van der Waals surface area contributed by atoms with Gasteiger partial charge in [-0.05, 0) is 55.7 Å². The van der Waals surface area contributed by atoms with E-state index >= 15 is 0 Å². The fourth-order valence-electron chi connectivity index (χ4n) is 3.21. The maximum absolute atomic E-state index is 12.1. The number of anilines is 2. The van der Waals surface area contributed by atoms with Crippen LogP contribution >= 0.6 is 0 Å². The van der Waals surface area contributed by atoms with Crippen molar-refractivity contribution < 1.29 is 9.21 Å². The molecule has 26 heavy (non-hydrogen) atoms. The molecule has 6 nitrogen and oxygen atoms in total. The largest absolute Gasteiger partial charge is 0.465 e. The molecule has 0 atom stereocenters. The molecule has 0 spiro atoms. The lowest BCUT2D eigenvalue weighted by Crippen LogP contribution is -2.30. The Morgan fingerprint density at radius 1 is 1.15 bits per heavy atom. The summed E-state index contributed by atoms with van der Waals surface area (Å²) in [7, 11) is 0. The molecule has 0 saturated carbocycles. The molecule has 1 aromatic carbocycles. The number of nitrogens with one attached hydrogen (secondary N) is 1. The molecule has 0 bridgehead atoms. The van der Waals surface area contributed by atoms with E-state index in [2.05, 4.69) is 20.2 Å². The van der Waals surface area contributed by atoms with E-state index in [0.717, 1.165) is 35.5 Å². The monoisotopic (exact) mass is 348 g/mol. The van der Waals surface area contributed by atoms with Crippen LogP contribution in [-0.2, 0) is 4.79 Å². The summed E-state index contributed by atoms with van der Waals surface area (Å²) in [4.78, 5) is 23.3. The van der Waals surface area contributed by atoms with Crippen LogP contribution in [-0.4, -0.2) is 29.0 Å². The highest BCUT2D eigenvalue weighted by atomic mass is 16.3. The van der Waals surface area contributed by atoms with E-state index in [0.29, 0.717) is 5.76 Å². The minimum Gasteiger partial charge on any atom is -0.465 e. The number of amides is 1. The van der Waals surface area contributed by atoms with Gasteiger partial charge in [0.05, 0.1) is 11.8 Å². The Morgan fingerprint density at radius 3 is 2.85 bits per heavy atom. The van der Waals surface area contributed by atoms with Gasteiger partial charge in [0, 0.05) is 30.2 Å². The average Bonchev–Trinajstić information content (AvgIpc) is 3.20. The van der Waals surface area contributed by atoms with Gasteiger partial charge in [-0.25, -0.2) is 9.97 Å². The smallest absolute Gasteiger partial charge is 0.248 e. The summed E-state index contributed by atoms with van der Waals surface area (Å²) in [6, 6.07) is 9.28. The molecule has 3 aromatic rings. The first-order valence-electron chi connectivity index (χ1n) is 8.82. The van der Waals surface area contributed by atoms with Crippen LogP contribution in [0.4, 0.5) is 11.5 Å². The number of hydrogen-bond acceptors (Lipinski definition) is 5. The number of piperidine rings is 1. The number of rotatable bonds is 4. The van der Waals surface area contributed by atoms with Crippen molar-refractivity contribution in [1.29, 1.82) is 0 Å². The Bertz CT molecular complexity index is 928. The van der Waals surface area contributed by atoms with E-state index in [1.54, 1.807) is 30.8 Å². The summed E-state index contributed by atoms with van der Waals surface area (Å²) in [5.41, 5.74) is 1.60. The first-order valence-corrected chi connectivity index (χ1v) is 8.82. The Balaban J connectivity index is 1.57. The number of fused-ring (bicyclic) bond motifs is 1. The molecular formula is C20H20N4O2. The van der Waals surface area contributed by atoms with E-state index in [1.165, 1.54) is 25.3 Å². The van der Waals surface area contributed by atoms with Gasteiger partial charge in [-0.1, -0.05) is 0 Å². The molecule has 0 radical (unpaired) electrons. The number of carbonyl (C=O) groups excluding carboxylic acids is 1. The molecule has 1 fully saturated rings. The Kier molecular flexibility index (Phi) is 4.64. The quantitative estimate of drug-likeness (QED) is 0.725. The highest BCUT2D eigenvalue weighted by Gasteiger charge is 2.15. The Labute approximate surface area is 151 Å². The number of hydrogen-bond donors (Lipinski definition) is 1. The summed E-state index contributed by atoms with van der Waals surface area (Å²) in [6.45, 7) is 2.02. The van der Waals surface area contributed by atoms with Crippen molar-refractivity contribution in [1.82, 2.24) is 9.97 Å². The zero-order chi connectivity index (χ0) is 17.8. The van der Waals surface area contributed by atoms with Crippen molar-refractivity contribution in [3.8, 4) is 0 Å². The third kappa shape index (κ3) is 3.59. The predicted molar refractivity (Wildman–Crippen MR) is 102 cm³/mol. The van der Waals surface area contributed by atoms with Crippen molar-refractivity contribution in [2.24, 2.45) is 0 Å². The summed E-state index contributed by atoms with van der Waals surface area (Å²) < 4.78 is 5.19. The lowest BCUT2D eigenvalue weighted by molar-refractivity contribution is -0.111. The van der Waals surface area contributed by atoms with Gasteiger partial charge in [0.15, 0.2) is 0 Å². The van der Waals surface area contributed by atoms with Gasteiger partial charge < -0.3 is 14.6 Å². The second kappa shape index (κ2) is 7.39. The number of carbonyl (C=O) groups is 1. The van der Waals surface area contributed by atoms with Gasteiger partial charge in [0.2, 0.25) is 5.91 Å². The van der Waals surface area contributed by atoms with Crippen LogP contribution in [0.15, 0.2) is 53.4 Å². The summed E-state index contributed by atoms with van der Waals surface area (Å²) >= 11 is 0. The highest BCUT2D eigenvalue weighted by Crippen LogP contribution is 2.27. The predicted octanol–water partition coefficient (Wildman–Crippen LogP) is 3.87. The molecule has 1 saturated heterocycles. The summed E-state index contributed by atoms with van der Waals surface area (Å²) in [5, 5.41) is 3.85. The van der Waals surface area contributed by atoms with Crippen LogP contribution in [0.2, 0.25) is 0 Å². The van der Waals surface area contributed by atoms with E-state index in [-0.39, 0.29) is 5.91 Å².